The van der Waals surface area contributed by atoms with Crippen molar-refractivity contribution in [3.8, 4) is 0 Å². The summed E-state index contributed by atoms with van der Waals surface area (Å²) in [6.07, 6.45) is 1.05. The molecule has 3 amide bonds. The summed E-state index contributed by atoms with van der Waals surface area (Å²) in [4.78, 5) is 34.4. The highest BCUT2D eigenvalue weighted by Gasteiger charge is 2.42. The van der Waals surface area contributed by atoms with Crippen molar-refractivity contribution in [1.29, 1.82) is 0 Å². The van der Waals surface area contributed by atoms with Crippen LogP contribution in [0.2, 0.25) is 0 Å². The number of rotatable bonds is 5. The smallest absolute Gasteiger partial charge is 0.322 e. The molecule has 3 heterocycles. The molecular formula is C31H32N4O3. The number of para-hydroxylation sites is 1. The monoisotopic (exact) mass is 508 g/mol. The standard InChI is InChI=1S/C31H32N4O3/c1-21-8-7-11-23(16-21)32-31(37)35-18-24(38-20-22-9-3-2-4-10-22)17-29(35)30(36)34-15-14-26-25-12-5-6-13-27(25)33-28(26)19-34/h2-13,16,24,29,33H,14-15,17-20H2,1H3,(H,32,37)/t24-,29+/m1/s1. The van der Waals surface area contributed by atoms with E-state index in [4.69, 9.17) is 4.74 Å². The van der Waals surface area contributed by atoms with Gasteiger partial charge in [-0.05, 0) is 48.2 Å². The zero-order chi connectivity index (χ0) is 26.1. The first-order valence-electron chi connectivity index (χ1n) is 13.2. The van der Waals surface area contributed by atoms with E-state index < -0.39 is 6.04 Å². The van der Waals surface area contributed by atoms with Crippen LogP contribution in [0.15, 0.2) is 78.9 Å². The number of nitrogens with one attached hydrogen (secondary N) is 2. The molecule has 6 rings (SSSR count). The third-order valence-electron chi connectivity index (χ3n) is 7.60. The van der Waals surface area contributed by atoms with Crippen molar-refractivity contribution in [3.05, 3.63) is 101 Å². The molecule has 3 aromatic carbocycles. The quantitative estimate of drug-likeness (QED) is 0.386. The summed E-state index contributed by atoms with van der Waals surface area (Å²) >= 11 is 0. The molecule has 0 spiro atoms. The predicted octanol–water partition coefficient (Wildman–Crippen LogP) is 5.25. The van der Waals surface area contributed by atoms with Crippen molar-refractivity contribution in [2.24, 2.45) is 0 Å². The van der Waals surface area contributed by atoms with E-state index in [1.54, 1.807) is 4.90 Å². The van der Waals surface area contributed by atoms with E-state index in [1.807, 2.05) is 78.6 Å². The number of ether oxygens (including phenoxy) is 1. The van der Waals surface area contributed by atoms with Gasteiger partial charge in [-0.3, -0.25) is 4.79 Å². The van der Waals surface area contributed by atoms with Crippen molar-refractivity contribution < 1.29 is 14.3 Å². The summed E-state index contributed by atoms with van der Waals surface area (Å²) in [6.45, 7) is 3.95. The minimum Gasteiger partial charge on any atom is -0.372 e. The Kier molecular flexibility index (Phi) is 6.60. The summed E-state index contributed by atoms with van der Waals surface area (Å²) in [6, 6.07) is 25.1. The molecule has 1 fully saturated rings. The van der Waals surface area contributed by atoms with Crippen LogP contribution in [0.3, 0.4) is 0 Å². The van der Waals surface area contributed by atoms with Gasteiger partial charge in [0.05, 0.1) is 19.3 Å². The number of carbonyl (C=O) groups is 2. The number of aromatic nitrogens is 1. The van der Waals surface area contributed by atoms with Crippen LogP contribution in [0.1, 0.15) is 28.8 Å². The molecule has 0 bridgehead atoms. The van der Waals surface area contributed by atoms with E-state index in [0.29, 0.717) is 32.7 Å². The SMILES string of the molecule is Cc1cccc(NC(=O)N2C[C@H](OCc3ccccc3)C[C@H]2C(=O)N2CCc3c([nH]c4ccccc34)C2)c1. The average molecular weight is 509 g/mol. The number of fused-ring (bicyclic) bond motifs is 3. The molecular weight excluding hydrogens is 476 g/mol. The minimum atomic E-state index is -0.577. The summed E-state index contributed by atoms with van der Waals surface area (Å²) in [5, 5.41) is 4.22. The zero-order valence-corrected chi connectivity index (χ0v) is 21.5. The fourth-order valence-corrected chi connectivity index (χ4v) is 5.68. The second kappa shape index (κ2) is 10.3. The van der Waals surface area contributed by atoms with Crippen LogP contribution < -0.4 is 5.32 Å². The first-order chi connectivity index (χ1) is 18.5. The maximum absolute atomic E-state index is 13.9. The molecule has 2 aliphatic heterocycles. The van der Waals surface area contributed by atoms with Gasteiger partial charge in [0, 0.05) is 41.8 Å². The number of carbonyl (C=O) groups excluding carboxylic acids is 2. The summed E-state index contributed by atoms with van der Waals surface area (Å²) in [5.74, 6) is -0.0282. The maximum atomic E-state index is 13.9. The minimum absolute atomic E-state index is 0.0282. The first-order valence-corrected chi connectivity index (χ1v) is 13.2. The van der Waals surface area contributed by atoms with Gasteiger partial charge in [-0.25, -0.2) is 4.79 Å². The number of nitrogens with zero attached hydrogens (tertiary/aromatic N) is 2. The Morgan fingerprint density at radius 1 is 1.03 bits per heavy atom. The Labute approximate surface area is 222 Å². The van der Waals surface area contributed by atoms with Gasteiger partial charge in [-0.2, -0.15) is 0 Å². The van der Waals surface area contributed by atoms with Gasteiger partial charge in [0.25, 0.3) is 0 Å². The zero-order valence-electron chi connectivity index (χ0n) is 21.5. The lowest BCUT2D eigenvalue weighted by atomic mass is 10.0. The number of likely N-dealkylation sites (tertiary alicyclic amines) is 1. The molecule has 38 heavy (non-hydrogen) atoms. The molecule has 4 aromatic rings. The molecule has 0 radical (unpaired) electrons. The van der Waals surface area contributed by atoms with Crippen LogP contribution in [0, 0.1) is 6.92 Å². The van der Waals surface area contributed by atoms with Crippen LogP contribution in [-0.4, -0.2) is 52.0 Å². The number of hydrogen-bond donors (Lipinski definition) is 2. The molecule has 7 nitrogen and oxygen atoms in total. The number of H-pyrrole nitrogens is 1. The van der Waals surface area contributed by atoms with E-state index in [2.05, 4.69) is 22.4 Å². The average Bonchev–Trinajstić information content (AvgIpc) is 3.53. The van der Waals surface area contributed by atoms with E-state index in [-0.39, 0.29) is 18.0 Å². The number of anilines is 1. The predicted molar refractivity (Wildman–Crippen MR) is 148 cm³/mol. The van der Waals surface area contributed by atoms with E-state index in [9.17, 15) is 9.59 Å². The Morgan fingerprint density at radius 2 is 1.84 bits per heavy atom. The van der Waals surface area contributed by atoms with Crippen LogP contribution in [0.5, 0.6) is 0 Å². The molecule has 1 saturated heterocycles. The van der Waals surface area contributed by atoms with Crippen molar-refractivity contribution in [1.82, 2.24) is 14.8 Å². The van der Waals surface area contributed by atoms with Crippen molar-refractivity contribution in [3.63, 3.8) is 0 Å². The van der Waals surface area contributed by atoms with E-state index >= 15 is 0 Å². The fourth-order valence-electron chi connectivity index (χ4n) is 5.68. The highest BCUT2D eigenvalue weighted by Crippen LogP contribution is 2.30. The van der Waals surface area contributed by atoms with Gasteiger partial charge >= 0.3 is 6.03 Å². The number of benzene rings is 3. The highest BCUT2D eigenvalue weighted by atomic mass is 16.5. The lowest BCUT2D eigenvalue weighted by molar-refractivity contribution is -0.136. The summed E-state index contributed by atoms with van der Waals surface area (Å²) in [7, 11) is 0. The molecule has 194 valence electrons. The number of hydrogen-bond acceptors (Lipinski definition) is 3. The van der Waals surface area contributed by atoms with Crippen molar-refractivity contribution >= 4 is 28.5 Å². The van der Waals surface area contributed by atoms with Crippen LogP contribution in [-0.2, 0) is 29.1 Å². The lowest BCUT2D eigenvalue weighted by Crippen LogP contribution is -2.50. The van der Waals surface area contributed by atoms with Crippen LogP contribution in [0.25, 0.3) is 10.9 Å². The van der Waals surface area contributed by atoms with Gasteiger partial charge < -0.3 is 24.8 Å². The van der Waals surface area contributed by atoms with Gasteiger partial charge in [-0.1, -0.05) is 60.7 Å². The first kappa shape index (κ1) is 24.2. The number of aromatic amines is 1. The molecule has 0 unspecified atom stereocenters. The largest absolute Gasteiger partial charge is 0.372 e. The normalized spacial score (nSPS) is 19.0. The van der Waals surface area contributed by atoms with Crippen molar-refractivity contribution in [2.45, 2.75) is 45.1 Å². The summed E-state index contributed by atoms with van der Waals surface area (Å²) in [5.41, 5.74) is 6.31. The molecule has 0 saturated carbocycles. The maximum Gasteiger partial charge on any atom is 0.322 e. The van der Waals surface area contributed by atoms with Crippen LogP contribution >= 0.6 is 0 Å². The Hall–Kier alpha value is -4.10. The molecule has 2 aliphatic rings. The van der Waals surface area contributed by atoms with Gasteiger partial charge in [-0.15, -0.1) is 0 Å². The Bertz CT molecular complexity index is 1460. The van der Waals surface area contributed by atoms with Gasteiger partial charge in [0.15, 0.2) is 0 Å². The van der Waals surface area contributed by atoms with E-state index in [0.717, 1.165) is 34.4 Å². The Balaban J connectivity index is 1.20. The molecule has 1 aromatic heterocycles. The molecule has 2 N–H and O–H groups in total. The fraction of sp³-hybridized carbons (Fsp3) is 0.290. The summed E-state index contributed by atoms with van der Waals surface area (Å²) < 4.78 is 6.20. The lowest BCUT2D eigenvalue weighted by Gasteiger charge is -2.32. The molecule has 2 atom stereocenters. The number of aryl methyl sites for hydroxylation is 1. The third kappa shape index (κ3) is 4.89. The molecule has 7 heteroatoms. The van der Waals surface area contributed by atoms with Crippen LogP contribution in [0.4, 0.5) is 10.5 Å². The van der Waals surface area contributed by atoms with E-state index in [1.165, 1.54) is 10.9 Å². The topological polar surface area (TPSA) is 77.7 Å². The Morgan fingerprint density at radius 3 is 2.68 bits per heavy atom. The number of amides is 3. The third-order valence-corrected chi connectivity index (χ3v) is 7.60. The second-order valence-electron chi connectivity index (χ2n) is 10.3. The molecule has 0 aliphatic carbocycles. The second-order valence-corrected chi connectivity index (χ2v) is 10.3. The van der Waals surface area contributed by atoms with Gasteiger partial charge in [0.1, 0.15) is 6.04 Å². The van der Waals surface area contributed by atoms with Gasteiger partial charge in [0.2, 0.25) is 5.91 Å². The van der Waals surface area contributed by atoms with Crippen molar-refractivity contribution in [2.75, 3.05) is 18.4 Å². The highest BCUT2D eigenvalue weighted by molar-refractivity contribution is 5.94. The number of urea groups is 1.